The van der Waals surface area contributed by atoms with Gasteiger partial charge < -0.3 is 20.3 Å². The third kappa shape index (κ3) is 8.15. The van der Waals surface area contributed by atoms with Gasteiger partial charge in [0.25, 0.3) is 5.91 Å². The van der Waals surface area contributed by atoms with E-state index >= 15 is 0 Å². The molecule has 1 saturated heterocycles. The minimum atomic E-state index is -1.47. The number of nitrogens with one attached hydrogen (secondary N) is 2. The Morgan fingerprint density at radius 2 is 1.06 bits per heavy atom. The van der Waals surface area contributed by atoms with Crippen molar-refractivity contribution in [3.8, 4) is 28.0 Å². The quantitative estimate of drug-likeness (QED) is 0.124. The molecule has 0 aliphatic carbocycles. The maximum atomic E-state index is 14.2. The number of imide groups is 1. The average Bonchev–Trinajstić information content (AvgIpc) is 3.34. The Labute approximate surface area is 310 Å². The summed E-state index contributed by atoms with van der Waals surface area (Å²) < 4.78 is 5.56. The molecule has 6 rings (SSSR count). The predicted molar refractivity (Wildman–Crippen MR) is 206 cm³/mol. The second-order valence-electron chi connectivity index (χ2n) is 13.6. The van der Waals surface area contributed by atoms with E-state index in [0.29, 0.717) is 11.3 Å². The van der Waals surface area contributed by atoms with E-state index in [0.717, 1.165) is 38.3 Å². The first kappa shape index (κ1) is 36.6. The molecular formula is C44H44N4O5. The summed E-state index contributed by atoms with van der Waals surface area (Å²) in [4.78, 5) is 57.4. The fraction of sp³-hybridized carbons (Fsp3) is 0.227. The van der Waals surface area contributed by atoms with Gasteiger partial charge in [-0.25, -0.2) is 4.79 Å². The first-order chi connectivity index (χ1) is 25.6. The highest BCUT2D eigenvalue weighted by Crippen LogP contribution is 2.34. The van der Waals surface area contributed by atoms with Gasteiger partial charge in [0.05, 0.1) is 19.2 Å². The normalized spacial score (nSPS) is 16.6. The lowest BCUT2D eigenvalue weighted by atomic mass is 9.90. The fourth-order valence-corrected chi connectivity index (χ4v) is 6.84. The van der Waals surface area contributed by atoms with Crippen molar-refractivity contribution in [1.82, 2.24) is 20.4 Å². The van der Waals surface area contributed by atoms with Gasteiger partial charge in [0.2, 0.25) is 11.8 Å². The Balaban J connectivity index is 1.16. The minimum absolute atomic E-state index is 0.0770. The van der Waals surface area contributed by atoms with Crippen molar-refractivity contribution in [2.75, 3.05) is 20.2 Å². The van der Waals surface area contributed by atoms with Crippen molar-refractivity contribution < 1.29 is 23.9 Å². The minimum Gasteiger partial charge on any atom is -0.496 e. The summed E-state index contributed by atoms with van der Waals surface area (Å²) >= 11 is 0. The zero-order chi connectivity index (χ0) is 37.5. The molecular weight excluding hydrogens is 665 g/mol. The molecule has 1 fully saturated rings. The summed E-state index contributed by atoms with van der Waals surface area (Å²) in [6.45, 7) is 4.47. The molecule has 0 radical (unpaired) electrons. The van der Waals surface area contributed by atoms with E-state index in [1.807, 2.05) is 141 Å². The van der Waals surface area contributed by atoms with Crippen molar-refractivity contribution in [3.63, 3.8) is 0 Å². The van der Waals surface area contributed by atoms with Crippen LogP contribution in [0.25, 0.3) is 22.3 Å². The molecule has 2 N–H and O–H groups in total. The number of nitrogens with zero attached hydrogens (tertiary/aromatic N) is 2. The van der Waals surface area contributed by atoms with Gasteiger partial charge in [-0.05, 0) is 65.8 Å². The largest absolute Gasteiger partial charge is 0.496 e. The number of urea groups is 1. The van der Waals surface area contributed by atoms with Crippen LogP contribution in [-0.2, 0) is 20.8 Å². The predicted octanol–water partition coefficient (Wildman–Crippen LogP) is 7.35. The third-order valence-corrected chi connectivity index (χ3v) is 9.88. The summed E-state index contributed by atoms with van der Waals surface area (Å²) in [6, 6.07) is 41.6. The monoisotopic (exact) mass is 708 g/mol. The zero-order valence-electron chi connectivity index (χ0n) is 30.4. The number of hydrogen-bond acceptors (Lipinski definition) is 5. The molecule has 1 aliphatic rings. The van der Waals surface area contributed by atoms with Crippen LogP contribution < -0.4 is 15.4 Å². The molecule has 5 amide bonds. The number of carbonyl (C=O) groups excluding carboxylic acids is 4. The number of rotatable bonds is 13. The van der Waals surface area contributed by atoms with Gasteiger partial charge in [-0.15, -0.1) is 0 Å². The Morgan fingerprint density at radius 1 is 0.623 bits per heavy atom. The highest BCUT2D eigenvalue weighted by atomic mass is 16.5. The van der Waals surface area contributed by atoms with Crippen LogP contribution in [0.2, 0.25) is 0 Å². The molecule has 0 aromatic heterocycles. The van der Waals surface area contributed by atoms with Crippen LogP contribution in [0.15, 0.2) is 133 Å². The lowest BCUT2D eigenvalue weighted by Gasteiger charge is -2.32. The number of ether oxygens (including phenoxy) is 1. The van der Waals surface area contributed by atoms with E-state index < -0.39 is 35.8 Å². The summed E-state index contributed by atoms with van der Waals surface area (Å²) in [5, 5.41) is 5.92. The molecule has 270 valence electrons. The van der Waals surface area contributed by atoms with E-state index in [9.17, 15) is 19.2 Å². The van der Waals surface area contributed by atoms with E-state index in [1.165, 1.54) is 12.0 Å². The van der Waals surface area contributed by atoms with E-state index in [1.54, 1.807) is 13.0 Å². The Bertz CT molecular complexity index is 2070. The van der Waals surface area contributed by atoms with Crippen LogP contribution >= 0.6 is 0 Å². The highest BCUT2D eigenvalue weighted by molar-refractivity contribution is 6.10. The van der Waals surface area contributed by atoms with Gasteiger partial charge in [0.15, 0.2) is 0 Å². The van der Waals surface area contributed by atoms with Crippen LogP contribution in [0.1, 0.15) is 49.5 Å². The average molecular weight is 709 g/mol. The molecule has 5 aromatic carbocycles. The molecule has 53 heavy (non-hydrogen) atoms. The van der Waals surface area contributed by atoms with Gasteiger partial charge in [-0.3, -0.25) is 19.3 Å². The van der Waals surface area contributed by atoms with E-state index in [2.05, 4.69) is 10.6 Å². The standard InChI is InChI=1S/C44H44N4O5/c1-30(32-19-23-36(24-20-32)34-13-7-5-8-14-34)45-40(49)28-47-42(51)44(3,27-38-17-11-12-18-39(38)53-4)48(43(47)52)29-41(50)46-31(2)33-21-25-37(26-22-33)35-15-9-6-10-16-35/h5-26,30-31H,27-29H2,1-4H3,(H,45,49)(H,46,50)/t30-,31-,44+/m0/s1. The zero-order valence-corrected chi connectivity index (χ0v) is 30.4. The number of carbonyl (C=O) groups is 4. The highest BCUT2D eigenvalue weighted by Gasteiger charge is 2.55. The topological polar surface area (TPSA) is 108 Å². The first-order valence-corrected chi connectivity index (χ1v) is 17.7. The van der Waals surface area contributed by atoms with Crippen LogP contribution in [0.5, 0.6) is 5.75 Å². The first-order valence-electron chi connectivity index (χ1n) is 17.7. The second kappa shape index (κ2) is 16.0. The van der Waals surface area contributed by atoms with Gasteiger partial charge in [0.1, 0.15) is 24.4 Å². The van der Waals surface area contributed by atoms with Crippen molar-refractivity contribution in [2.24, 2.45) is 0 Å². The molecule has 0 spiro atoms. The maximum Gasteiger partial charge on any atom is 0.328 e. The summed E-state index contributed by atoms with van der Waals surface area (Å²) in [7, 11) is 1.54. The summed E-state index contributed by atoms with van der Waals surface area (Å²) in [5.74, 6) is -0.948. The number of amides is 5. The number of benzene rings is 5. The van der Waals surface area contributed by atoms with Gasteiger partial charge in [0, 0.05) is 6.42 Å². The van der Waals surface area contributed by atoms with Crippen molar-refractivity contribution in [1.29, 1.82) is 0 Å². The lowest BCUT2D eigenvalue weighted by Crippen LogP contribution is -2.52. The Hall–Kier alpha value is -6.22. The molecule has 0 bridgehead atoms. The van der Waals surface area contributed by atoms with Crippen LogP contribution in [0.4, 0.5) is 4.79 Å². The van der Waals surface area contributed by atoms with Crippen LogP contribution in [0, 0.1) is 0 Å². The van der Waals surface area contributed by atoms with Gasteiger partial charge in [-0.2, -0.15) is 0 Å². The third-order valence-electron chi connectivity index (χ3n) is 9.88. The van der Waals surface area contributed by atoms with Crippen LogP contribution in [-0.4, -0.2) is 59.3 Å². The number of para-hydroxylation sites is 1. The van der Waals surface area contributed by atoms with Crippen LogP contribution in [0.3, 0.4) is 0 Å². The van der Waals surface area contributed by atoms with Crippen molar-refractivity contribution in [3.05, 3.63) is 150 Å². The summed E-state index contributed by atoms with van der Waals surface area (Å²) in [6.07, 6.45) is 0.0770. The van der Waals surface area contributed by atoms with Crippen molar-refractivity contribution in [2.45, 2.75) is 44.8 Å². The maximum absolute atomic E-state index is 14.2. The molecule has 9 heteroatoms. The van der Waals surface area contributed by atoms with E-state index in [4.69, 9.17) is 4.74 Å². The Morgan fingerprint density at radius 3 is 1.55 bits per heavy atom. The van der Waals surface area contributed by atoms with Crippen molar-refractivity contribution >= 4 is 23.8 Å². The number of methoxy groups -OCH3 is 1. The molecule has 0 saturated carbocycles. The second-order valence-corrected chi connectivity index (χ2v) is 13.6. The fourth-order valence-electron chi connectivity index (χ4n) is 6.84. The molecule has 3 atom stereocenters. The van der Waals surface area contributed by atoms with Gasteiger partial charge >= 0.3 is 6.03 Å². The Kier molecular flexibility index (Phi) is 11.0. The SMILES string of the molecule is COc1ccccc1C[C@]1(C)C(=O)N(CC(=O)N[C@@H](C)c2ccc(-c3ccccc3)cc2)C(=O)N1CC(=O)N[C@@H](C)c1ccc(-c2ccccc2)cc1. The molecule has 0 unspecified atom stereocenters. The molecule has 1 heterocycles. The molecule has 5 aromatic rings. The smallest absolute Gasteiger partial charge is 0.328 e. The van der Waals surface area contributed by atoms with Gasteiger partial charge in [-0.1, -0.05) is 127 Å². The van der Waals surface area contributed by atoms with E-state index in [-0.39, 0.29) is 25.0 Å². The summed E-state index contributed by atoms with van der Waals surface area (Å²) in [5.41, 5.74) is 5.27. The molecule has 1 aliphatic heterocycles. The number of hydrogen-bond donors (Lipinski definition) is 2. The molecule has 9 nitrogen and oxygen atoms in total. The lowest BCUT2D eigenvalue weighted by molar-refractivity contribution is -0.136.